The summed E-state index contributed by atoms with van der Waals surface area (Å²) in [6.45, 7) is 2.78. The van der Waals surface area contributed by atoms with Crippen LogP contribution in [-0.2, 0) is 9.63 Å². The van der Waals surface area contributed by atoms with E-state index in [9.17, 15) is 9.59 Å². The van der Waals surface area contributed by atoms with Gasteiger partial charge >= 0.3 is 5.97 Å². The molecule has 0 N–H and O–H groups in total. The molecule has 18 heavy (non-hydrogen) atoms. The SMILES string of the molecule is CC(=O)N1CCC(=NOC(=O)c2ccco2)CC1. The lowest BCUT2D eigenvalue weighted by Gasteiger charge is -2.25. The first-order valence-corrected chi connectivity index (χ1v) is 5.73. The van der Waals surface area contributed by atoms with Gasteiger partial charge in [-0.05, 0) is 12.1 Å². The van der Waals surface area contributed by atoms with Crippen molar-refractivity contribution in [3.8, 4) is 0 Å². The Morgan fingerprint density at radius 1 is 1.39 bits per heavy atom. The third kappa shape index (κ3) is 2.97. The van der Waals surface area contributed by atoms with E-state index < -0.39 is 5.97 Å². The van der Waals surface area contributed by atoms with Gasteiger partial charge in [-0.3, -0.25) is 4.79 Å². The molecule has 1 saturated heterocycles. The molecule has 6 heteroatoms. The van der Waals surface area contributed by atoms with Crippen LogP contribution in [0.25, 0.3) is 0 Å². The summed E-state index contributed by atoms with van der Waals surface area (Å²) in [6.07, 6.45) is 2.66. The van der Waals surface area contributed by atoms with Crippen molar-refractivity contribution < 1.29 is 18.8 Å². The van der Waals surface area contributed by atoms with Crippen molar-refractivity contribution in [2.75, 3.05) is 13.1 Å². The van der Waals surface area contributed by atoms with E-state index in [1.165, 1.54) is 12.3 Å². The molecular weight excluding hydrogens is 236 g/mol. The van der Waals surface area contributed by atoms with E-state index in [2.05, 4.69) is 5.16 Å². The number of oxime groups is 1. The second kappa shape index (κ2) is 5.48. The molecule has 2 rings (SSSR count). The Morgan fingerprint density at radius 3 is 2.67 bits per heavy atom. The molecule has 0 atom stereocenters. The first kappa shape index (κ1) is 12.3. The van der Waals surface area contributed by atoms with Crippen molar-refractivity contribution >= 4 is 17.6 Å². The highest BCUT2D eigenvalue weighted by molar-refractivity contribution is 5.89. The zero-order valence-corrected chi connectivity index (χ0v) is 10.1. The largest absolute Gasteiger partial charge is 0.457 e. The lowest BCUT2D eigenvalue weighted by atomic mass is 10.1. The van der Waals surface area contributed by atoms with Crippen molar-refractivity contribution in [1.29, 1.82) is 0 Å². The predicted octanol–water partition coefficient (Wildman–Crippen LogP) is 1.43. The van der Waals surface area contributed by atoms with E-state index in [-0.39, 0.29) is 11.7 Å². The number of hydrogen-bond acceptors (Lipinski definition) is 5. The van der Waals surface area contributed by atoms with E-state index in [1.807, 2.05) is 0 Å². The Kier molecular flexibility index (Phi) is 3.76. The fraction of sp³-hybridized carbons (Fsp3) is 0.417. The van der Waals surface area contributed by atoms with Crippen molar-refractivity contribution in [2.45, 2.75) is 19.8 Å². The maximum Gasteiger partial charge on any atom is 0.400 e. The zero-order chi connectivity index (χ0) is 13.0. The highest BCUT2D eigenvalue weighted by atomic mass is 16.7. The monoisotopic (exact) mass is 250 g/mol. The quantitative estimate of drug-likeness (QED) is 0.588. The van der Waals surface area contributed by atoms with Crippen LogP contribution in [0.1, 0.15) is 30.3 Å². The summed E-state index contributed by atoms with van der Waals surface area (Å²) >= 11 is 0. The maximum absolute atomic E-state index is 11.4. The number of carbonyl (C=O) groups excluding carboxylic acids is 2. The summed E-state index contributed by atoms with van der Waals surface area (Å²) in [6, 6.07) is 3.12. The van der Waals surface area contributed by atoms with Gasteiger partial charge in [0.2, 0.25) is 11.7 Å². The van der Waals surface area contributed by atoms with Crippen LogP contribution < -0.4 is 0 Å². The van der Waals surface area contributed by atoms with Crippen LogP contribution in [0, 0.1) is 0 Å². The lowest BCUT2D eigenvalue weighted by molar-refractivity contribution is -0.128. The molecule has 1 amide bonds. The Hall–Kier alpha value is -2.11. The first-order valence-electron chi connectivity index (χ1n) is 5.73. The van der Waals surface area contributed by atoms with Gasteiger partial charge in [0.25, 0.3) is 0 Å². The third-order valence-electron chi connectivity index (χ3n) is 2.77. The number of hydrogen-bond donors (Lipinski definition) is 0. The normalized spacial score (nSPS) is 15.4. The zero-order valence-electron chi connectivity index (χ0n) is 10.1. The van der Waals surface area contributed by atoms with Gasteiger partial charge in [-0.15, -0.1) is 0 Å². The van der Waals surface area contributed by atoms with Crippen LogP contribution in [0.2, 0.25) is 0 Å². The molecule has 1 fully saturated rings. The Balaban J connectivity index is 1.85. The van der Waals surface area contributed by atoms with Gasteiger partial charge in [0.1, 0.15) is 0 Å². The molecule has 96 valence electrons. The number of amides is 1. The van der Waals surface area contributed by atoms with Crippen LogP contribution in [0.3, 0.4) is 0 Å². The van der Waals surface area contributed by atoms with E-state index in [1.54, 1.807) is 17.9 Å². The van der Waals surface area contributed by atoms with Crippen molar-refractivity contribution in [3.05, 3.63) is 24.2 Å². The summed E-state index contributed by atoms with van der Waals surface area (Å²) < 4.78 is 4.89. The summed E-state index contributed by atoms with van der Waals surface area (Å²) in [7, 11) is 0. The molecule has 0 aliphatic carbocycles. The average molecular weight is 250 g/mol. The second-order valence-corrected chi connectivity index (χ2v) is 4.02. The number of carbonyl (C=O) groups is 2. The van der Waals surface area contributed by atoms with Crippen molar-refractivity contribution in [3.63, 3.8) is 0 Å². The molecule has 0 saturated carbocycles. The maximum atomic E-state index is 11.4. The number of likely N-dealkylation sites (tertiary alicyclic amines) is 1. The van der Waals surface area contributed by atoms with E-state index >= 15 is 0 Å². The minimum atomic E-state index is -0.610. The molecule has 0 radical (unpaired) electrons. The van der Waals surface area contributed by atoms with Gasteiger partial charge in [-0.25, -0.2) is 4.79 Å². The first-order chi connectivity index (χ1) is 8.66. The highest BCUT2D eigenvalue weighted by Gasteiger charge is 2.18. The van der Waals surface area contributed by atoms with Gasteiger partial charge < -0.3 is 14.2 Å². The summed E-state index contributed by atoms with van der Waals surface area (Å²) in [5.74, 6) is -0.427. The number of piperidine rings is 1. The van der Waals surface area contributed by atoms with E-state index in [4.69, 9.17) is 9.25 Å². The molecule has 1 aliphatic heterocycles. The number of nitrogens with zero attached hydrogens (tertiary/aromatic N) is 2. The van der Waals surface area contributed by atoms with Crippen LogP contribution in [0.5, 0.6) is 0 Å². The van der Waals surface area contributed by atoms with Crippen molar-refractivity contribution in [1.82, 2.24) is 4.90 Å². The van der Waals surface area contributed by atoms with E-state index in [0.717, 1.165) is 5.71 Å². The number of furan rings is 1. The van der Waals surface area contributed by atoms with Gasteiger partial charge in [0, 0.05) is 32.9 Å². The van der Waals surface area contributed by atoms with Crippen LogP contribution >= 0.6 is 0 Å². The van der Waals surface area contributed by atoms with Crippen LogP contribution in [-0.4, -0.2) is 35.6 Å². The fourth-order valence-electron chi connectivity index (χ4n) is 1.72. The Bertz CT molecular complexity index is 454. The fourth-order valence-corrected chi connectivity index (χ4v) is 1.72. The standard InChI is InChI=1S/C12H14N2O4/c1-9(15)14-6-4-10(5-7-14)13-18-12(16)11-3-2-8-17-11/h2-3,8H,4-7H2,1H3. The van der Waals surface area contributed by atoms with Gasteiger partial charge in [-0.1, -0.05) is 5.16 Å². The summed E-state index contributed by atoms with van der Waals surface area (Å²) in [4.78, 5) is 29.1. The topological polar surface area (TPSA) is 72.1 Å². The molecule has 0 bridgehead atoms. The van der Waals surface area contributed by atoms with Crippen LogP contribution in [0.4, 0.5) is 0 Å². The molecule has 1 aromatic rings. The highest BCUT2D eigenvalue weighted by Crippen LogP contribution is 2.09. The Morgan fingerprint density at radius 2 is 2.11 bits per heavy atom. The summed E-state index contributed by atoms with van der Waals surface area (Å²) in [5.41, 5.74) is 0.785. The third-order valence-corrected chi connectivity index (χ3v) is 2.77. The minimum absolute atomic E-state index is 0.0571. The molecule has 2 heterocycles. The molecule has 0 aromatic carbocycles. The molecule has 0 spiro atoms. The molecule has 1 aromatic heterocycles. The second-order valence-electron chi connectivity index (χ2n) is 4.02. The summed E-state index contributed by atoms with van der Waals surface area (Å²) in [5, 5.41) is 3.80. The Labute approximate surface area is 104 Å². The minimum Gasteiger partial charge on any atom is -0.457 e. The van der Waals surface area contributed by atoms with Crippen LogP contribution in [0.15, 0.2) is 28.0 Å². The molecule has 0 unspecified atom stereocenters. The predicted molar refractivity (Wildman–Crippen MR) is 63.0 cm³/mol. The smallest absolute Gasteiger partial charge is 0.400 e. The lowest BCUT2D eigenvalue weighted by Crippen LogP contribution is -2.37. The van der Waals surface area contributed by atoms with E-state index in [0.29, 0.717) is 25.9 Å². The van der Waals surface area contributed by atoms with Gasteiger partial charge in [0.05, 0.1) is 12.0 Å². The average Bonchev–Trinajstić information content (AvgIpc) is 2.90. The van der Waals surface area contributed by atoms with Gasteiger partial charge in [-0.2, -0.15) is 0 Å². The number of rotatable bonds is 2. The molecule has 1 aliphatic rings. The van der Waals surface area contributed by atoms with Gasteiger partial charge in [0.15, 0.2) is 0 Å². The van der Waals surface area contributed by atoms with Crippen molar-refractivity contribution in [2.24, 2.45) is 5.16 Å². The molecule has 6 nitrogen and oxygen atoms in total. The molecular formula is C12H14N2O4.